The van der Waals surface area contributed by atoms with E-state index < -0.39 is 0 Å². The highest BCUT2D eigenvalue weighted by atomic mass is 35.5. The van der Waals surface area contributed by atoms with Crippen molar-refractivity contribution in [2.24, 2.45) is 0 Å². The maximum absolute atomic E-state index is 12.2. The van der Waals surface area contributed by atoms with Crippen LogP contribution in [0.15, 0.2) is 58.2 Å². The molecule has 0 atom stereocenters. The number of nitrogens with one attached hydrogen (secondary N) is 1. The first-order chi connectivity index (χ1) is 12.2. The molecule has 1 N–H and O–H groups in total. The number of H-pyrrole nitrogens is 1. The average Bonchev–Trinajstić information content (AvgIpc) is 2.62. The number of aromatic nitrogens is 2. The third-order valence-electron chi connectivity index (χ3n) is 3.97. The van der Waals surface area contributed by atoms with Crippen LogP contribution in [0.25, 0.3) is 10.9 Å². The lowest BCUT2D eigenvalue weighted by atomic mass is 10.2. The summed E-state index contributed by atoms with van der Waals surface area (Å²) in [6.45, 7) is 4.57. The van der Waals surface area contributed by atoms with E-state index in [1.54, 1.807) is 17.8 Å². The Kier molecular flexibility index (Phi) is 6.13. The van der Waals surface area contributed by atoms with Crippen molar-refractivity contribution in [3.63, 3.8) is 0 Å². The highest BCUT2D eigenvalue weighted by Gasteiger charge is 2.08. The number of para-hydroxylation sites is 1. The molecule has 0 fully saturated rings. The predicted molar refractivity (Wildman–Crippen MR) is 105 cm³/mol. The number of hydrogen-bond donors (Lipinski definition) is 1. The van der Waals surface area contributed by atoms with Gasteiger partial charge in [0.05, 0.1) is 17.4 Å². The van der Waals surface area contributed by atoms with Gasteiger partial charge in [0.25, 0.3) is 5.56 Å². The third-order valence-corrected chi connectivity index (χ3v) is 5.22. The van der Waals surface area contributed by atoms with Gasteiger partial charge in [-0.25, -0.2) is 4.98 Å². The number of benzene rings is 2. The molecular formula is C19H20ClN3OS. The van der Waals surface area contributed by atoms with E-state index >= 15 is 0 Å². The van der Waals surface area contributed by atoms with E-state index in [0.29, 0.717) is 17.8 Å². The van der Waals surface area contributed by atoms with E-state index in [0.717, 1.165) is 29.4 Å². The standard InChI is InChI=1S/C19H20ClN3OS/c1-2-23(11-12-25-15-9-7-14(20)8-10-15)13-18-21-17-6-4-3-5-16(17)19(24)22-18/h3-10H,2,11-13H2,1H3,(H,21,22,24). The van der Waals surface area contributed by atoms with Gasteiger partial charge in [-0.2, -0.15) is 0 Å². The van der Waals surface area contributed by atoms with Gasteiger partial charge in [0, 0.05) is 22.2 Å². The second-order valence-electron chi connectivity index (χ2n) is 5.70. The van der Waals surface area contributed by atoms with Gasteiger partial charge in [0.15, 0.2) is 0 Å². The van der Waals surface area contributed by atoms with Gasteiger partial charge in [-0.15, -0.1) is 11.8 Å². The van der Waals surface area contributed by atoms with Crippen LogP contribution in [0.1, 0.15) is 12.7 Å². The second kappa shape index (κ2) is 8.52. The minimum atomic E-state index is -0.0767. The molecule has 0 aliphatic heterocycles. The van der Waals surface area contributed by atoms with E-state index in [9.17, 15) is 4.79 Å². The molecular weight excluding hydrogens is 354 g/mol. The first kappa shape index (κ1) is 18.0. The van der Waals surface area contributed by atoms with Gasteiger partial charge in [-0.1, -0.05) is 30.7 Å². The van der Waals surface area contributed by atoms with Crippen LogP contribution >= 0.6 is 23.4 Å². The molecule has 0 radical (unpaired) electrons. The molecule has 3 aromatic rings. The Morgan fingerprint density at radius 2 is 1.92 bits per heavy atom. The minimum absolute atomic E-state index is 0.0767. The first-order valence-corrected chi connectivity index (χ1v) is 9.60. The summed E-state index contributed by atoms with van der Waals surface area (Å²) < 4.78 is 0. The Balaban J connectivity index is 1.62. The summed E-state index contributed by atoms with van der Waals surface area (Å²) in [6, 6.07) is 15.3. The Morgan fingerprint density at radius 1 is 1.16 bits per heavy atom. The molecule has 6 heteroatoms. The van der Waals surface area contributed by atoms with Crippen LogP contribution in [0.5, 0.6) is 0 Å². The SMILES string of the molecule is CCN(CCSc1ccc(Cl)cc1)Cc1nc2ccccc2c(=O)[nH]1. The van der Waals surface area contributed by atoms with Crippen molar-refractivity contribution in [2.45, 2.75) is 18.4 Å². The van der Waals surface area contributed by atoms with E-state index in [-0.39, 0.29) is 5.56 Å². The van der Waals surface area contributed by atoms with Gasteiger partial charge in [-0.05, 0) is 42.9 Å². The molecule has 0 unspecified atom stereocenters. The highest BCUT2D eigenvalue weighted by Crippen LogP contribution is 2.20. The smallest absolute Gasteiger partial charge is 0.258 e. The number of nitrogens with zero attached hydrogens (tertiary/aromatic N) is 2. The molecule has 0 saturated carbocycles. The van der Waals surface area contributed by atoms with Gasteiger partial charge in [0.1, 0.15) is 5.82 Å². The monoisotopic (exact) mass is 373 g/mol. The molecule has 3 rings (SSSR count). The van der Waals surface area contributed by atoms with Crippen molar-refractivity contribution >= 4 is 34.3 Å². The maximum Gasteiger partial charge on any atom is 0.258 e. The molecule has 2 aromatic carbocycles. The van der Waals surface area contributed by atoms with E-state index in [2.05, 4.69) is 21.8 Å². The van der Waals surface area contributed by atoms with Crippen LogP contribution in [0.2, 0.25) is 5.02 Å². The molecule has 0 amide bonds. The Morgan fingerprint density at radius 3 is 2.68 bits per heavy atom. The Labute approximate surface area is 156 Å². The summed E-state index contributed by atoms with van der Waals surface area (Å²) in [4.78, 5) is 23.1. The lowest BCUT2D eigenvalue weighted by molar-refractivity contribution is 0.291. The van der Waals surface area contributed by atoms with Crippen molar-refractivity contribution in [2.75, 3.05) is 18.8 Å². The van der Waals surface area contributed by atoms with Crippen molar-refractivity contribution in [3.8, 4) is 0 Å². The quantitative estimate of drug-likeness (QED) is 0.631. The van der Waals surface area contributed by atoms with Crippen molar-refractivity contribution in [3.05, 3.63) is 69.7 Å². The van der Waals surface area contributed by atoms with Crippen molar-refractivity contribution in [1.82, 2.24) is 14.9 Å². The van der Waals surface area contributed by atoms with Gasteiger partial charge < -0.3 is 4.98 Å². The molecule has 0 bridgehead atoms. The molecule has 4 nitrogen and oxygen atoms in total. The Bertz CT molecular complexity index is 895. The number of aromatic amines is 1. The second-order valence-corrected chi connectivity index (χ2v) is 7.31. The molecule has 0 saturated heterocycles. The van der Waals surface area contributed by atoms with Crippen LogP contribution in [-0.2, 0) is 6.54 Å². The highest BCUT2D eigenvalue weighted by molar-refractivity contribution is 7.99. The Hall–Kier alpha value is -1.82. The summed E-state index contributed by atoms with van der Waals surface area (Å²) in [5, 5.41) is 1.39. The van der Waals surface area contributed by atoms with E-state index in [4.69, 9.17) is 11.6 Å². The van der Waals surface area contributed by atoms with Crippen LogP contribution in [0.4, 0.5) is 0 Å². The lowest BCUT2D eigenvalue weighted by Gasteiger charge is -2.19. The minimum Gasteiger partial charge on any atom is -0.309 e. The molecule has 1 aromatic heterocycles. The van der Waals surface area contributed by atoms with Crippen LogP contribution in [-0.4, -0.2) is 33.7 Å². The van der Waals surface area contributed by atoms with Crippen LogP contribution in [0, 0.1) is 0 Å². The number of rotatable bonds is 7. The number of fused-ring (bicyclic) bond motifs is 1. The summed E-state index contributed by atoms with van der Waals surface area (Å²) in [5.41, 5.74) is 0.667. The number of hydrogen-bond acceptors (Lipinski definition) is 4. The summed E-state index contributed by atoms with van der Waals surface area (Å²) in [7, 11) is 0. The fourth-order valence-electron chi connectivity index (χ4n) is 2.59. The molecule has 25 heavy (non-hydrogen) atoms. The zero-order chi connectivity index (χ0) is 17.6. The molecule has 0 aliphatic rings. The number of thioether (sulfide) groups is 1. The van der Waals surface area contributed by atoms with E-state index in [1.165, 1.54) is 4.90 Å². The molecule has 0 spiro atoms. The molecule has 1 heterocycles. The first-order valence-electron chi connectivity index (χ1n) is 8.24. The maximum atomic E-state index is 12.2. The van der Waals surface area contributed by atoms with Crippen molar-refractivity contribution < 1.29 is 0 Å². The van der Waals surface area contributed by atoms with Crippen LogP contribution in [0.3, 0.4) is 0 Å². The topological polar surface area (TPSA) is 49.0 Å². The molecule has 0 aliphatic carbocycles. The lowest BCUT2D eigenvalue weighted by Crippen LogP contribution is -2.27. The fourth-order valence-corrected chi connectivity index (χ4v) is 3.63. The largest absolute Gasteiger partial charge is 0.309 e. The summed E-state index contributed by atoms with van der Waals surface area (Å²) in [6.07, 6.45) is 0. The third kappa shape index (κ3) is 4.84. The van der Waals surface area contributed by atoms with Crippen molar-refractivity contribution in [1.29, 1.82) is 0 Å². The normalized spacial score (nSPS) is 11.3. The van der Waals surface area contributed by atoms with Crippen LogP contribution < -0.4 is 5.56 Å². The fraction of sp³-hybridized carbons (Fsp3) is 0.263. The number of halogens is 1. The van der Waals surface area contributed by atoms with Gasteiger partial charge in [0.2, 0.25) is 0 Å². The van der Waals surface area contributed by atoms with Gasteiger partial charge >= 0.3 is 0 Å². The zero-order valence-electron chi connectivity index (χ0n) is 14.0. The summed E-state index contributed by atoms with van der Waals surface area (Å²) >= 11 is 7.71. The molecule has 130 valence electrons. The summed E-state index contributed by atoms with van der Waals surface area (Å²) in [5.74, 6) is 1.68. The average molecular weight is 374 g/mol. The van der Waals surface area contributed by atoms with E-state index in [1.807, 2.05) is 42.5 Å². The zero-order valence-corrected chi connectivity index (χ0v) is 15.6. The predicted octanol–water partition coefficient (Wildman–Crippen LogP) is 4.19. The van der Waals surface area contributed by atoms with Gasteiger partial charge in [-0.3, -0.25) is 9.69 Å².